The Morgan fingerprint density at radius 2 is 1.88 bits per heavy atom. The first-order valence-electron chi connectivity index (χ1n) is 15.3. The Balaban J connectivity index is 1.56. The van der Waals surface area contributed by atoms with Crippen LogP contribution in [0.5, 0.6) is 0 Å². The summed E-state index contributed by atoms with van der Waals surface area (Å²) in [6.45, 7) is 12.7. The second kappa shape index (κ2) is 13.7. The van der Waals surface area contributed by atoms with Gasteiger partial charge in [-0.05, 0) is 69.7 Å². The van der Waals surface area contributed by atoms with E-state index >= 15 is 0 Å². The van der Waals surface area contributed by atoms with E-state index in [9.17, 15) is 14.7 Å². The Bertz CT molecular complexity index is 1310. The van der Waals surface area contributed by atoms with Gasteiger partial charge in [0.2, 0.25) is 5.91 Å². The monoisotopic (exact) mass is 560 g/mol. The quantitative estimate of drug-likeness (QED) is 0.237. The zero-order valence-corrected chi connectivity index (χ0v) is 25.5. The van der Waals surface area contributed by atoms with Crippen LogP contribution in [0.25, 0.3) is 10.9 Å². The van der Waals surface area contributed by atoms with Crippen molar-refractivity contribution in [3.63, 3.8) is 0 Å². The van der Waals surface area contributed by atoms with Crippen LogP contribution in [0.15, 0.2) is 54.7 Å². The van der Waals surface area contributed by atoms with E-state index in [1.807, 2.05) is 54.7 Å². The molecule has 222 valence electrons. The van der Waals surface area contributed by atoms with Crippen molar-refractivity contribution in [2.24, 2.45) is 5.92 Å². The van der Waals surface area contributed by atoms with Crippen LogP contribution < -0.4 is 15.5 Å². The van der Waals surface area contributed by atoms with Gasteiger partial charge in [-0.1, -0.05) is 57.0 Å². The molecule has 2 heterocycles. The number of rotatable bonds is 14. The highest BCUT2D eigenvalue weighted by Gasteiger charge is 2.28. The summed E-state index contributed by atoms with van der Waals surface area (Å²) < 4.78 is 2.09. The number of amides is 2. The summed E-state index contributed by atoms with van der Waals surface area (Å²) in [5.74, 6) is 0.512. The van der Waals surface area contributed by atoms with Crippen LogP contribution in [0.3, 0.4) is 0 Å². The van der Waals surface area contributed by atoms with Gasteiger partial charge in [-0.15, -0.1) is 0 Å². The van der Waals surface area contributed by atoms with E-state index in [1.165, 1.54) is 6.42 Å². The van der Waals surface area contributed by atoms with Gasteiger partial charge in [0.05, 0.1) is 23.3 Å². The second-order valence-electron chi connectivity index (χ2n) is 12.6. The molecule has 2 aromatic carbocycles. The standard InChI is InChI=1S/C34H48N4O3/c1-6-37-19-16-27-29(37)21-26(22-30(27)38-18-11-15-32(38)40)33(41)36-28(20-25-13-8-7-9-14-25)31(39)23-35-34(4,5)17-10-12-24(2)3/h7-9,13-14,16,19,21-22,24,28,31,35,39H,6,10-12,15,17-18,20,23H2,1-5H3,(H,36,41)/t28-,31+/m0/s1. The number of anilines is 1. The van der Waals surface area contributed by atoms with E-state index in [4.69, 9.17) is 0 Å². The SMILES string of the molecule is CCn1ccc2c(N3CCCC3=O)cc(C(=O)N[C@@H](Cc3ccccc3)[C@H](O)CNC(C)(C)CCCC(C)C)cc21. The maximum Gasteiger partial charge on any atom is 0.251 e. The number of aliphatic hydroxyl groups is 1. The van der Waals surface area contributed by atoms with Crippen LogP contribution in [0, 0.1) is 5.92 Å². The molecule has 1 aliphatic rings. The first-order chi connectivity index (χ1) is 19.6. The largest absolute Gasteiger partial charge is 0.390 e. The number of benzene rings is 2. The lowest BCUT2D eigenvalue weighted by Gasteiger charge is -2.31. The minimum absolute atomic E-state index is 0.0903. The third kappa shape index (κ3) is 7.98. The molecular formula is C34H48N4O3. The molecule has 1 aliphatic heterocycles. The highest BCUT2D eigenvalue weighted by molar-refractivity contribution is 6.08. The number of carbonyl (C=O) groups excluding carboxylic acids is 2. The molecule has 41 heavy (non-hydrogen) atoms. The number of hydrogen-bond donors (Lipinski definition) is 3. The van der Waals surface area contributed by atoms with Crippen LogP contribution in [-0.4, -0.2) is 52.3 Å². The van der Waals surface area contributed by atoms with Gasteiger partial charge in [0.25, 0.3) is 5.91 Å². The predicted molar refractivity (Wildman–Crippen MR) is 167 cm³/mol. The molecule has 0 spiro atoms. The highest BCUT2D eigenvalue weighted by Crippen LogP contribution is 2.32. The van der Waals surface area contributed by atoms with Crippen LogP contribution in [0.2, 0.25) is 0 Å². The lowest BCUT2D eigenvalue weighted by atomic mass is 9.93. The number of aryl methyl sites for hydroxylation is 1. The van der Waals surface area contributed by atoms with Crippen molar-refractivity contribution in [3.05, 3.63) is 65.9 Å². The first kappa shape index (κ1) is 30.8. The number of nitrogens with zero attached hydrogens (tertiary/aromatic N) is 2. The fourth-order valence-corrected chi connectivity index (χ4v) is 5.78. The maximum absolute atomic E-state index is 13.8. The Morgan fingerprint density at radius 3 is 2.54 bits per heavy atom. The van der Waals surface area contributed by atoms with Crippen LogP contribution in [-0.2, 0) is 17.8 Å². The number of aliphatic hydroxyl groups excluding tert-OH is 1. The summed E-state index contributed by atoms with van der Waals surface area (Å²) >= 11 is 0. The average molecular weight is 561 g/mol. The summed E-state index contributed by atoms with van der Waals surface area (Å²) in [5.41, 5.74) is 3.14. The van der Waals surface area contributed by atoms with Gasteiger partial charge < -0.3 is 25.2 Å². The Morgan fingerprint density at radius 1 is 1.12 bits per heavy atom. The van der Waals surface area contributed by atoms with E-state index in [1.54, 1.807) is 4.90 Å². The van der Waals surface area contributed by atoms with Gasteiger partial charge >= 0.3 is 0 Å². The molecule has 3 N–H and O–H groups in total. The van der Waals surface area contributed by atoms with Gasteiger partial charge in [0.15, 0.2) is 0 Å². The molecule has 0 radical (unpaired) electrons. The molecule has 1 fully saturated rings. The minimum atomic E-state index is -0.786. The molecular weight excluding hydrogens is 512 g/mol. The normalized spacial score (nSPS) is 15.6. The number of nitrogens with one attached hydrogen (secondary N) is 2. The van der Waals surface area contributed by atoms with Crippen molar-refractivity contribution in [3.8, 4) is 0 Å². The van der Waals surface area contributed by atoms with Crippen LogP contribution >= 0.6 is 0 Å². The molecule has 2 amide bonds. The Kier molecular flexibility index (Phi) is 10.3. The van der Waals surface area contributed by atoms with Crippen molar-refractivity contribution >= 4 is 28.4 Å². The van der Waals surface area contributed by atoms with Crippen LogP contribution in [0.1, 0.15) is 82.6 Å². The van der Waals surface area contributed by atoms with E-state index in [2.05, 4.69) is 49.8 Å². The number of fused-ring (bicyclic) bond motifs is 1. The summed E-state index contributed by atoms with van der Waals surface area (Å²) in [7, 11) is 0. The summed E-state index contributed by atoms with van der Waals surface area (Å²) in [6.07, 6.45) is 6.39. The molecule has 1 aromatic heterocycles. The number of carbonyl (C=O) groups is 2. The van der Waals surface area contributed by atoms with E-state index in [0.717, 1.165) is 48.0 Å². The van der Waals surface area contributed by atoms with Crippen molar-refractivity contribution in [2.75, 3.05) is 18.0 Å². The van der Waals surface area contributed by atoms with Gasteiger partial charge in [-0.2, -0.15) is 0 Å². The summed E-state index contributed by atoms with van der Waals surface area (Å²) in [4.78, 5) is 28.3. The lowest BCUT2D eigenvalue weighted by molar-refractivity contribution is -0.117. The minimum Gasteiger partial charge on any atom is -0.390 e. The fraction of sp³-hybridized carbons (Fsp3) is 0.529. The fourth-order valence-electron chi connectivity index (χ4n) is 5.78. The number of hydrogen-bond acceptors (Lipinski definition) is 4. The molecule has 7 heteroatoms. The predicted octanol–water partition coefficient (Wildman–Crippen LogP) is 5.68. The smallest absolute Gasteiger partial charge is 0.251 e. The number of β-amino-alcohol motifs (C(OH)–C–C–N with tert-alkyl or cyclic N) is 1. The molecule has 3 aromatic rings. The molecule has 2 atom stereocenters. The van der Waals surface area contributed by atoms with E-state index < -0.39 is 12.1 Å². The molecule has 0 unspecified atom stereocenters. The molecule has 7 nitrogen and oxygen atoms in total. The maximum atomic E-state index is 13.8. The van der Waals surface area contributed by atoms with E-state index in [0.29, 0.717) is 37.4 Å². The second-order valence-corrected chi connectivity index (χ2v) is 12.6. The number of aromatic nitrogens is 1. The van der Waals surface area contributed by atoms with Crippen LogP contribution in [0.4, 0.5) is 5.69 Å². The molecule has 0 aliphatic carbocycles. The third-order valence-corrected chi connectivity index (χ3v) is 8.29. The molecule has 1 saturated heterocycles. The van der Waals surface area contributed by atoms with Gasteiger partial charge in [0, 0.05) is 48.7 Å². The van der Waals surface area contributed by atoms with E-state index in [-0.39, 0.29) is 17.4 Å². The van der Waals surface area contributed by atoms with Gasteiger partial charge in [-0.25, -0.2) is 0 Å². The van der Waals surface area contributed by atoms with Gasteiger partial charge in [0.1, 0.15) is 0 Å². The van der Waals surface area contributed by atoms with Crippen molar-refractivity contribution in [1.29, 1.82) is 0 Å². The summed E-state index contributed by atoms with van der Waals surface area (Å²) in [5, 5.41) is 19.1. The molecule has 0 bridgehead atoms. The topological polar surface area (TPSA) is 86.6 Å². The van der Waals surface area contributed by atoms with Gasteiger partial charge in [-0.3, -0.25) is 9.59 Å². The molecule has 0 saturated carbocycles. The summed E-state index contributed by atoms with van der Waals surface area (Å²) in [6, 6.07) is 15.2. The zero-order chi connectivity index (χ0) is 29.6. The van der Waals surface area contributed by atoms with Crippen molar-refractivity contribution < 1.29 is 14.7 Å². The highest BCUT2D eigenvalue weighted by atomic mass is 16.3. The Labute approximate surface area is 245 Å². The van der Waals surface area contributed by atoms with Crippen molar-refractivity contribution in [2.45, 2.75) is 97.4 Å². The zero-order valence-electron chi connectivity index (χ0n) is 25.5. The third-order valence-electron chi connectivity index (χ3n) is 8.29. The Hall–Kier alpha value is -3.16. The average Bonchev–Trinajstić information content (AvgIpc) is 3.56. The first-order valence-corrected chi connectivity index (χ1v) is 15.3. The van der Waals surface area contributed by atoms with Crippen molar-refractivity contribution in [1.82, 2.24) is 15.2 Å². The molecule has 4 rings (SSSR count). The lowest BCUT2D eigenvalue weighted by Crippen LogP contribution is -2.52.